The topological polar surface area (TPSA) is 76.2 Å². The monoisotopic (exact) mass is 408 g/mol. The third-order valence-corrected chi connectivity index (χ3v) is 6.04. The number of fused-ring (bicyclic) bond motifs is 1. The van der Waals surface area contributed by atoms with Gasteiger partial charge in [0.2, 0.25) is 15.9 Å². The van der Waals surface area contributed by atoms with Crippen LogP contribution in [0, 0.1) is 0 Å². The number of likely N-dealkylation sites (N-methyl/N-ethyl adjacent to an activating group) is 1. The highest BCUT2D eigenvalue weighted by Crippen LogP contribution is 2.33. The van der Waals surface area contributed by atoms with Crippen LogP contribution in [0.3, 0.4) is 0 Å². The zero-order valence-corrected chi connectivity index (χ0v) is 15.3. The smallest absolute Gasteiger partial charge is 0.406 e. The number of ether oxygens (including phenoxy) is 2. The molecule has 0 bridgehead atoms. The number of carbonyl (C=O) groups is 1. The van der Waals surface area contributed by atoms with E-state index >= 15 is 0 Å². The molecule has 27 heavy (non-hydrogen) atoms. The minimum atomic E-state index is -4.54. The van der Waals surface area contributed by atoms with Crippen LogP contribution in [0.5, 0.6) is 11.5 Å². The number of rotatable bonds is 6. The second-order valence-corrected chi connectivity index (χ2v) is 8.48. The maximum Gasteiger partial charge on any atom is 0.406 e. The number of nitrogens with zero attached hydrogens (tertiary/aromatic N) is 2. The van der Waals surface area contributed by atoms with E-state index in [-0.39, 0.29) is 17.3 Å². The van der Waals surface area contributed by atoms with Crippen molar-refractivity contribution in [3.8, 4) is 11.5 Å². The summed E-state index contributed by atoms with van der Waals surface area (Å²) >= 11 is 0. The minimum absolute atomic E-state index is 0.129. The molecule has 1 aliphatic carbocycles. The molecule has 1 aliphatic heterocycles. The van der Waals surface area contributed by atoms with Gasteiger partial charge in [0.05, 0.1) is 11.4 Å². The van der Waals surface area contributed by atoms with E-state index in [2.05, 4.69) is 0 Å². The van der Waals surface area contributed by atoms with Crippen molar-refractivity contribution in [3.05, 3.63) is 18.2 Å². The van der Waals surface area contributed by atoms with Crippen LogP contribution < -0.4 is 9.47 Å². The van der Waals surface area contributed by atoms with Crippen molar-refractivity contribution in [2.24, 2.45) is 0 Å². The molecule has 0 aromatic heterocycles. The fourth-order valence-electron chi connectivity index (χ4n) is 2.73. The molecule has 0 spiro atoms. The first-order valence-electron chi connectivity index (χ1n) is 8.30. The molecule has 0 atom stereocenters. The number of halogens is 3. The molecule has 150 valence electrons. The van der Waals surface area contributed by atoms with Crippen molar-refractivity contribution in [1.29, 1.82) is 0 Å². The Bertz CT molecular complexity index is 824. The number of alkyl halides is 3. The lowest BCUT2D eigenvalue weighted by molar-refractivity contribution is -0.162. The zero-order chi connectivity index (χ0) is 19.8. The molecule has 1 saturated carbocycles. The number of sulfonamides is 1. The summed E-state index contributed by atoms with van der Waals surface area (Å²) in [6.45, 7) is -1.43. The summed E-state index contributed by atoms with van der Waals surface area (Å²) in [5, 5.41) is 0. The Morgan fingerprint density at radius 2 is 1.81 bits per heavy atom. The first kappa shape index (κ1) is 19.7. The molecule has 1 amide bonds. The van der Waals surface area contributed by atoms with Gasteiger partial charge >= 0.3 is 6.18 Å². The van der Waals surface area contributed by atoms with Gasteiger partial charge in [0.1, 0.15) is 19.8 Å². The molecule has 3 rings (SSSR count). The van der Waals surface area contributed by atoms with Crippen LogP contribution in [0.25, 0.3) is 0 Å². The number of amides is 1. The van der Waals surface area contributed by atoms with Gasteiger partial charge in [0.15, 0.2) is 11.5 Å². The summed E-state index contributed by atoms with van der Waals surface area (Å²) in [7, 11) is -2.93. The second-order valence-electron chi connectivity index (χ2n) is 6.43. The minimum Gasteiger partial charge on any atom is -0.486 e. The quantitative estimate of drug-likeness (QED) is 0.715. The van der Waals surface area contributed by atoms with Crippen LogP contribution in [0.15, 0.2) is 23.1 Å². The third kappa shape index (κ3) is 4.64. The van der Waals surface area contributed by atoms with Gasteiger partial charge in [-0.25, -0.2) is 8.42 Å². The number of benzene rings is 1. The molecule has 11 heteroatoms. The Morgan fingerprint density at radius 1 is 1.19 bits per heavy atom. The van der Waals surface area contributed by atoms with Gasteiger partial charge in [0, 0.05) is 19.2 Å². The average Bonchev–Trinajstić information content (AvgIpc) is 3.43. The SMILES string of the molecule is CN(CC(=O)N(CC(F)(F)F)C1CC1)S(=O)(=O)c1ccc2c(c1)OCCO2. The van der Waals surface area contributed by atoms with Crippen LogP contribution in [0.4, 0.5) is 13.2 Å². The van der Waals surface area contributed by atoms with Gasteiger partial charge in [-0.2, -0.15) is 17.5 Å². The van der Waals surface area contributed by atoms with Crippen LogP contribution >= 0.6 is 0 Å². The fourth-order valence-corrected chi connectivity index (χ4v) is 3.87. The van der Waals surface area contributed by atoms with E-state index in [1.165, 1.54) is 18.2 Å². The highest BCUT2D eigenvalue weighted by Gasteiger charge is 2.41. The van der Waals surface area contributed by atoms with E-state index in [1.807, 2.05) is 0 Å². The molecule has 0 saturated heterocycles. The summed E-state index contributed by atoms with van der Waals surface area (Å²) in [5.74, 6) is -0.207. The van der Waals surface area contributed by atoms with Gasteiger partial charge in [-0.15, -0.1) is 0 Å². The Hall–Kier alpha value is -2.01. The van der Waals surface area contributed by atoms with Gasteiger partial charge < -0.3 is 14.4 Å². The predicted octanol–water partition coefficient (Wildman–Crippen LogP) is 1.63. The van der Waals surface area contributed by atoms with Gasteiger partial charge in [-0.3, -0.25) is 4.79 Å². The van der Waals surface area contributed by atoms with Crippen LogP contribution in [-0.2, 0) is 14.8 Å². The lowest BCUT2D eigenvalue weighted by atomic mass is 10.3. The van der Waals surface area contributed by atoms with Crippen molar-refractivity contribution in [2.75, 3.05) is 33.4 Å². The summed E-state index contributed by atoms with van der Waals surface area (Å²) in [5.41, 5.74) is 0. The average molecular weight is 408 g/mol. The first-order chi connectivity index (χ1) is 12.6. The van der Waals surface area contributed by atoms with Crippen molar-refractivity contribution in [2.45, 2.75) is 30.0 Å². The summed E-state index contributed by atoms with van der Waals surface area (Å²) in [4.78, 5) is 12.9. The van der Waals surface area contributed by atoms with Crippen molar-refractivity contribution < 1.29 is 35.9 Å². The Morgan fingerprint density at radius 3 is 2.41 bits per heavy atom. The molecule has 2 aliphatic rings. The summed E-state index contributed by atoms with van der Waals surface area (Å²) in [6.07, 6.45) is -3.56. The maximum atomic E-state index is 12.7. The van der Waals surface area contributed by atoms with Crippen LogP contribution in [0.2, 0.25) is 0 Å². The van der Waals surface area contributed by atoms with E-state index in [0.717, 1.165) is 11.4 Å². The lowest BCUT2D eigenvalue weighted by Crippen LogP contribution is -2.46. The molecular weight excluding hydrogens is 389 g/mol. The van der Waals surface area contributed by atoms with E-state index in [9.17, 15) is 26.4 Å². The van der Waals surface area contributed by atoms with Crippen LogP contribution in [-0.4, -0.2) is 69.1 Å². The molecule has 1 heterocycles. The molecule has 1 fully saturated rings. The predicted molar refractivity (Wildman–Crippen MR) is 88.0 cm³/mol. The molecule has 0 unspecified atom stereocenters. The van der Waals surface area contributed by atoms with Gasteiger partial charge in [0.25, 0.3) is 0 Å². The molecular formula is C16H19F3N2O5S. The van der Waals surface area contributed by atoms with Crippen LogP contribution in [0.1, 0.15) is 12.8 Å². The fraction of sp³-hybridized carbons (Fsp3) is 0.562. The third-order valence-electron chi connectivity index (χ3n) is 4.24. The lowest BCUT2D eigenvalue weighted by Gasteiger charge is -2.26. The normalized spacial score (nSPS) is 17.1. The Kier molecular flexibility index (Phi) is 5.26. The Balaban J connectivity index is 1.74. The van der Waals surface area contributed by atoms with E-state index < -0.39 is 41.2 Å². The Labute approximate surface area is 154 Å². The molecule has 1 aromatic carbocycles. The van der Waals surface area contributed by atoms with Gasteiger partial charge in [-0.1, -0.05) is 0 Å². The van der Waals surface area contributed by atoms with E-state index in [4.69, 9.17) is 9.47 Å². The molecule has 0 radical (unpaired) electrons. The number of hydrogen-bond donors (Lipinski definition) is 0. The maximum absolute atomic E-state index is 12.7. The highest BCUT2D eigenvalue weighted by molar-refractivity contribution is 7.89. The van der Waals surface area contributed by atoms with E-state index in [1.54, 1.807) is 0 Å². The van der Waals surface area contributed by atoms with E-state index in [0.29, 0.717) is 30.1 Å². The van der Waals surface area contributed by atoms with Crippen molar-refractivity contribution in [3.63, 3.8) is 0 Å². The zero-order valence-electron chi connectivity index (χ0n) is 14.5. The standard InChI is InChI=1S/C16H19F3N2O5S/c1-20(9-15(22)21(11-2-3-11)10-16(17,18)19)27(23,24)12-4-5-13-14(8-12)26-7-6-25-13/h4-5,8,11H,2-3,6-7,9-10H2,1H3. The first-order valence-corrected chi connectivity index (χ1v) is 9.74. The molecule has 0 N–H and O–H groups in total. The molecule has 7 nitrogen and oxygen atoms in total. The number of hydrogen-bond acceptors (Lipinski definition) is 5. The van der Waals surface area contributed by atoms with Crippen molar-refractivity contribution >= 4 is 15.9 Å². The highest BCUT2D eigenvalue weighted by atomic mass is 32.2. The summed E-state index contributed by atoms with van der Waals surface area (Å²) in [6, 6.07) is 3.54. The van der Waals surface area contributed by atoms with Gasteiger partial charge in [-0.05, 0) is 25.0 Å². The van der Waals surface area contributed by atoms with Crippen molar-refractivity contribution in [1.82, 2.24) is 9.21 Å². The molecule has 1 aromatic rings. The number of carbonyl (C=O) groups excluding carboxylic acids is 1. The second kappa shape index (κ2) is 7.19. The largest absolute Gasteiger partial charge is 0.486 e. The summed E-state index contributed by atoms with van der Waals surface area (Å²) < 4.78 is 74.9.